The van der Waals surface area contributed by atoms with Gasteiger partial charge in [-0.2, -0.15) is 0 Å². The zero-order chi connectivity index (χ0) is 13.0. The number of anilines is 1. The number of hydrogen-bond donors (Lipinski definition) is 1. The summed E-state index contributed by atoms with van der Waals surface area (Å²) in [5.41, 5.74) is -0.773. The minimum atomic E-state index is -0.390. The fourth-order valence-corrected chi connectivity index (χ4v) is 2.08. The van der Waals surface area contributed by atoms with E-state index in [0.717, 1.165) is 4.57 Å². The maximum atomic E-state index is 11.9. The molecule has 0 aliphatic heterocycles. The molecule has 1 aromatic heterocycles. The first-order valence-electron chi connectivity index (χ1n) is 5.39. The number of carbonyl (C=O) groups excluding carboxylic acids is 1. The Labute approximate surface area is 100 Å². The number of rotatable bonds is 4. The number of nitrogens with zero attached hydrogens (tertiary/aromatic N) is 2. The van der Waals surface area contributed by atoms with Gasteiger partial charge >= 0.3 is 5.69 Å². The monoisotopic (exact) mass is 257 g/mol. The lowest BCUT2D eigenvalue weighted by Crippen LogP contribution is -2.38. The van der Waals surface area contributed by atoms with Gasteiger partial charge in [0.05, 0.1) is 0 Å². The summed E-state index contributed by atoms with van der Waals surface area (Å²) in [7, 11) is 0.154. The van der Waals surface area contributed by atoms with Gasteiger partial charge < -0.3 is 5.32 Å². The van der Waals surface area contributed by atoms with Gasteiger partial charge in [-0.05, 0) is 22.3 Å². The lowest BCUT2D eigenvalue weighted by Gasteiger charge is -2.13. The summed E-state index contributed by atoms with van der Waals surface area (Å²) >= 11 is 0. The zero-order valence-corrected chi connectivity index (χ0v) is 11.1. The van der Waals surface area contributed by atoms with Crippen LogP contribution in [-0.2, 0) is 11.3 Å². The third-order valence-electron chi connectivity index (χ3n) is 2.32. The molecule has 1 atom stereocenters. The average molecular weight is 257 g/mol. The molecule has 0 spiro atoms. The quantitative estimate of drug-likeness (QED) is 0.796. The molecule has 0 aliphatic rings. The van der Waals surface area contributed by atoms with Gasteiger partial charge in [0.2, 0.25) is 5.91 Å². The van der Waals surface area contributed by atoms with Crippen molar-refractivity contribution in [1.29, 1.82) is 0 Å². The molecule has 0 radical (unpaired) electrons. The fraction of sp³-hybridized carbons (Fsp3) is 0.500. The predicted octanol–water partition coefficient (Wildman–Crippen LogP) is 0.450. The molecule has 1 N–H and O–H groups in total. The van der Waals surface area contributed by atoms with Crippen LogP contribution in [0.2, 0.25) is 0 Å². The van der Waals surface area contributed by atoms with Crippen LogP contribution < -0.4 is 16.6 Å². The van der Waals surface area contributed by atoms with E-state index >= 15 is 0 Å². The van der Waals surface area contributed by atoms with Crippen molar-refractivity contribution in [1.82, 2.24) is 8.90 Å². The molecule has 0 bridgehead atoms. The molecule has 0 saturated carbocycles. The molecule has 1 unspecified atom stereocenters. The van der Waals surface area contributed by atoms with Crippen molar-refractivity contribution in [3.63, 3.8) is 0 Å². The highest BCUT2D eigenvalue weighted by Gasteiger charge is 2.10. The number of nitrogens with one attached hydrogen (secondary N) is 1. The van der Waals surface area contributed by atoms with Gasteiger partial charge in [0.25, 0.3) is 5.56 Å². The third kappa shape index (κ3) is 2.82. The van der Waals surface area contributed by atoms with Gasteiger partial charge in [-0.3, -0.25) is 18.5 Å². The van der Waals surface area contributed by atoms with E-state index in [2.05, 4.69) is 5.32 Å². The molecule has 7 heteroatoms. The molecule has 1 heterocycles. The van der Waals surface area contributed by atoms with Crippen LogP contribution in [0.4, 0.5) is 5.82 Å². The van der Waals surface area contributed by atoms with Crippen LogP contribution in [0.1, 0.15) is 20.3 Å². The van der Waals surface area contributed by atoms with Crippen molar-refractivity contribution in [3.8, 4) is 0 Å². The molecule has 6 nitrogen and oxygen atoms in total. The van der Waals surface area contributed by atoms with Crippen molar-refractivity contribution in [2.24, 2.45) is 0 Å². The molecular weight excluding hydrogens is 241 g/mol. The first kappa shape index (κ1) is 13.6. The van der Waals surface area contributed by atoms with Crippen LogP contribution in [0.5, 0.6) is 0 Å². The summed E-state index contributed by atoms with van der Waals surface area (Å²) in [4.78, 5) is 34.8. The van der Waals surface area contributed by atoms with Crippen molar-refractivity contribution >= 4 is 20.5 Å². The SMILES string of the molecule is CCC(=O)Nc1cc(=O)n(CC)c(=O)n1PC. The molecule has 0 aromatic carbocycles. The van der Waals surface area contributed by atoms with Crippen molar-refractivity contribution in [3.05, 3.63) is 26.9 Å². The molecule has 1 aromatic rings. The Hall–Kier alpha value is -1.42. The van der Waals surface area contributed by atoms with Gasteiger partial charge in [-0.15, -0.1) is 0 Å². The van der Waals surface area contributed by atoms with E-state index in [-0.39, 0.29) is 26.1 Å². The van der Waals surface area contributed by atoms with E-state index in [9.17, 15) is 14.4 Å². The number of amides is 1. The molecule has 1 amide bonds. The van der Waals surface area contributed by atoms with Crippen LogP contribution in [-0.4, -0.2) is 21.5 Å². The lowest BCUT2D eigenvalue weighted by atomic mass is 10.4. The minimum absolute atomic E-state index is 0.154. The Balaban J connectivity index is 3.37. The molecular formula is C10H16N3O3P. The molecule has 0 fully saturated rings. The van der Waals surface area contributed by atoms with Crippen LogP contribution in [0.3, 0.4) is 0 Å². The lowest BCUT2D eigenvalue weighted by molar-refractivity contribution is -0.115. The summed E-state index contributed by atoms with van der Waals surface area (Å²) in [5, 5.41) is 2.56. The van der Waals surface area contributed by atoms with Crippen LogP contribution in [0.15, 0.2) is 15.7 Å². The second kappa shape index (κ2) is 5.77. The Morgan fingerprint density at radius 3 is 2.53 bits per heavy atom. The van der Waals surface area contributed by atoms with Crippen molar-refractivity contribution in [2.75, 3.05) is 12.0 Å². The molecule has 0 saturated heterocycles. The number of hydrogen-bond acceptors (Lipinski definition) is 3. The molecule has 1 rings (SSSR count). The Kier molecular flexibility index (Phi) is 4.63. The highest BCUT2D eigenvalue weighted by molar-refractivity contribution is 7.35. The van der Waals surface area contributed by atoms with E-state index in [0.29, 0.717) is 13.0 Å². The van der Waals surface area contributed by atoms with Gasteiger partial charge in [-0.1, -0.05) is 6.92 Å². The van der Waals surface area contributed by atoms with E-state index in [1.807, 2.05) is 6.66 Å². The summed E-state index contributed by atoms with van der Waals surface area (Å²) in [6, 6.07) is 1.29. The number of carbonyl (C=O) groups is 1. The van der Waals surface area contributed by atoms with Gasteiger partial charge in [0, 0.05) is 19.0 Å². The van der Waals surface area contributed by atoms with E-state index in [4.69, 9.17) is 0 Å². The zero-order valence-electron chi connectivity index (χ0n) is 10.1. The minimum Gasteiger partial charge on any atom is -0.312 e. The molecule has 94 valence electrons. The Morgan fingerprint density at radius 1 is 1.41 bits per heavy atom. The first-order valence-corrected chi connectivity index (χ1v) is 6.84. The second-order valence-electron chi connectivity index (χ2n) is 3.36. The number of aromatic nitrogens is 2. The summed E-state index contributed by atoms with van der Waals surface area (Å²) < 4.78 is 2.54. The van der Waals surface area contributed by atoms with E-state index < -0.39 is 5.56 Å². The molecule has 0 aliphatic carbocycles. The normalized spacial score (nSPS) is 11.0. The van der Waals surface area contributed by atoms with Crippen molar-refractivity contribution < 1.29 is 4.79 Å². The van der Waals surface area contributed by atoms with Gasteiger partial charge in [0.1, 0.15) is 5.82 Å². The highest BCUT2D eigenvalue weighted by Crippen LogP contribution is 2.13. The maximum absolute atomic E-state index is 11.9. The average Bonchev–Trinajstić information content (AvgIpc) is 2.29. The largest absolute Gasteiger partial charge is 0.335 e. The van der Waals surface area contributed by atoms with Crippen molar-refractivity contribution in [2.45, 2.75) is 26.8 Å². The summed E-state index contributed by atoms with van der Waals surface area (Å²) in [6.45, 7) is 5.58. The standard InChI is InChI=1S/C10H16N3O3P/c1-4-8(14)11-7-6-9(15)12(5-2)10(16)13(7)17-3/h6,17H,4-5H2,1-3H3,(H,11,14). The smallest absolute Gasteiger partial charge is 0.312 e. The fourth-order valence-electron chi connectivity index (χ4n) is 1.41. The Morgan fingerprint density at radius 2 is 2.06 bits per heavy atom. The summed E-state index contributed by atoms with van der Waals surface area (Å²) in [5.74, 6) is 0.0578. The molecule has 17 heavy (non-hydrogen) atoms. The highest BCUT2D eigenvalue weighted by atomic mass is 31.1. The van der Waals surface area contributed by atoms with Gasteiger partial charge in [0.15, 0.2) is 0 Å². The van der Waals surface area contributed by atoms with Crippen LogP contribution >= 0.6 is 8.73 Å². The third-order valence-corrected chi connectivity index (χ3v) is 3.20. The first-order chi connectivity index (χ1) is 8.04. The van der Waals surface area contributed by atoms with Gasteiger partial charge in [-0.25, -0.2) is 4.79 Å². The Bertz CT molecular complexity index is 533. The van der Waals surface area contributed by atoms with Crippen LogP contribution in [0.25, 0.3) is 0 Å². The van der Waals surface area contributed by atoms with E-state index in [1.165, 1.54) is 10.4 Å². The second-order valence-corrected chi connectivity index (χ2v) is 4.25. The predicted molar refractivity (Wildman–Crippen MR) is 69.2 cm³/mol. The van der Waals surface area contributed by atoms with Crippen LogP contribution in [0, 0.1) is 0 Å². The maximum Gasteiger partial charge on any atom is 0.335 e. The van der Waals surface area contributed by atoms with E-state index in [1.54, 1.807) is 13.8 Å². The summed E-state index contributed by atoms with van der Waals surface area (Å²) in [6.07, 6.45) is 0.303. The topological polar surface area (TPSA) is 73.1 Å².